The van der Waals surface area contributed by atoms with Gasteiger partial charge in [0.05, 0.1) is 23.2 Å². The Morgan fingerprint density at radius 3 is 1.42 bits per heavy atom. The molecule has 0 aliphatic carbocycles. The van der Waals surface area contributed by atoms with Crippen molar-refractivity contribution in [3.05, 3.63) is 35.4 Å². The standard InChI is InChI=1S/C31H42N2O5/c1-28(2,3)20-16-21(34)32(25(20)36)18-13-17(24(35)31(10,11)12)14-19(15-18)33-26(37)22(29(4,5)6)23(27(33)38)30(7,8)9/h13-16,22-23H,1-12H3. The van der Waals surface area contributed by atoms with Gasteiger partial charge < -0.3 is 0 Å². The van der Waals surface area contributed by atoms with Gasteiger partial charge in [-0.3, -0.25) is 24.0 Å². The second kappa shape index (κ2) is 8.99. The highest BCUT2D eigenvalue weighted by Gasteiger charge is 2.57. The summed E-state index contributed by atoms with van der Waals surface area (Å²) in [6, 6.07) is 4.52. The molecule has 0 bridgehead atoms. The van der Waals surface area contributed by atoms with E-state index in [1.807, 2.05) is 62.3 Å². The number of anilines is 2. The monoisotopic (exact) mass is 522 g/mol. The molecule has 0 N–H and O–H groups in total. The quantitative estimate of drug-likeness (QED) is 0.361. The molecule has 1 aromatic rings. The van der Waals surface area contributed by atoms with Gasteiger partial charge in [0.25, 0.3) is 11.8 Å². The summed E-state index contributed by atoms with van der Waals surface area (Å²) >= 11 is 0. The first-order chi connectivity index (χ1) is 17.0. The summed E-state index contributed by atoms with van der Waals surface area (Å²) in [4.78, 5) is 69.8. The van der Waals surface area contributed by atoms with Gasteiger partial charge in [-0.2, -0.15) is 0 Å². The van der Waals surface area contributed by atoms with Crippen molar-refractivity contribution in [1.82, 2.24) is 0 Å². The van der Waals surface area contributed by atoms with Crippen LogP contribution in [0.25, 0.3) is 0 Å². The highest BCUT2D eigenvalue weighted by Crippen LogP contribution is 2.49. The Morgan fingerprint density at radius 2 is 1.08 bits per heavy atom. The summed E-state index contributed by atoms with van der Waals surface area (Å²) in [6.45, 7) is 22.5. The predicted molar refractivity (Wildman–Crippen MR) is 149 cm³/mol. The van der Waals surface area contributed by atoms with E-state index in [1.165, 1.54) is 24.3 Å². The van der Waals surface area contributed by atoms with Crippen molar-refractivity contribution in [3.8, 4) is 0 Å². The van der Waals surface area contributed by atoms with Crippen LogP contribution < -0.4 is 9.80 Å². The van der Waals surface area contributed by atoms with Crippen LogP contribution in [0, 0.1) is 33.5 Å². The Balaban J connectivity index is 2.25. The number of ketones is 1. The Kier molecular flexibility index (Phi) is 6.97. The fraction of sp³-hybridized carbons (Fsp3) is 0.581. The van der Waals surface area contributed by atoms with Gasteiger partial charge in [-0.05, 0) is 34.4 Å². The summed E-state index contributed by atoms with van der Waals surface area (Å²) in [5.74, 6) is -3.09. The van der Waals surface area contributed by atoms with Gasteiger partial charge in [0.15, 0.2) is 5.78 Å². The van der Waals surface area contributed by atoms with E-state index >= 15 is 0 Å². The Morgan fingerprint density at radius 1 is 0.658 bits per heavy atom. The van der Waals surface area contributed by atoms with Crippen molar-refractivity contribution in [3.63, 3.8) is 0 Å². The molecular formula is C31H42N2O5. The van der Waals surface area contributed by atoms with Crippen LogP contribution in [0.4, 0.5) is 11.4 Å². The Hall–Kier alpha value is -3.09. The summed E-state index contributed by atoms with van der Waals surface area (Å²) in [7, 11) is 0. The molecule has 0 radical (unpaired) electrons. The van der Waals surface area contributed by atoms with Crippen molar-refractivity contribution >= 4 is 40.8 Å². The molecule has 2 heterocycles. The maximum Gasteiger partial charge on any atom is 0.261 e. The van der Waals surface area contributed by atoms with Crippen molar-refractivity contribution in [1.29, 1.82) is 0 Å². The summed E-state index contributed by atoms with van der Waals surface area (Å²) < 4.78 is 0. The molecule has 4 amide bonds. The number of carbonyl (C=O) groups is 5. The highest BCUT2D eigenvalue weighted by atomic mass is 16.2. The van der Waals surface area contributed by atoms with E-state index in [-0.39, 0.29) is 34.5 Å². The number of amides is 4. The number of rotatable bonds is 3. The lowest BCUT2D eigenvalue weighted by Crippen LogP contribution is -2.38. The van der Waals surface area contributed by atoms with Crippen molar-refractivity contribution in [2.45, 2.75) is 83.1 Å². The fourth-order valence-corrected chi connectivity index (χ4v) is 5.34. The third-order valence-corrected chi connectivity index (χ3v) is 7.26. The summed E-state index contributed by atoms with van der Waals surface area (Å²) in [5, 5.41) is 0. The van der Waals surface area contributed by atoms with Gasteiger partial charge in [-0.1, -0.05) is 83.1 Å². The molecule has 2 aliphatic heterocycles. The third kappa shape index (κ3) is 5.12. The van der Waals surface area contributed by atoms with E-state index in [9.17, 15) is 24.0 Å². The van der Waals surface area contributed by atoms with Gasteiger partial charge in [0.1, 0.15) is 0 Å². The van der Waals surface area contributed by atoms with Gasteiger partial charge in [-0.25, -0.2) is 9.80 Å². The molecule has 0 aromatic heterocycles. The van der Waals surface area contributed by atoms with Crippen LogP contribution in [-0.2, 0) is 19.2 Å². The maximum absolute atomic E-state index is 13.9. The predicted octanol–water partition coefficient (Wildman–Crippen LogP) is 5.96. The molecule has 1 saturated heterocycles. The van der Waals surface area contributed by atoms with E-state index in [0.29, 0.717) is 5.57 Å². The molecule has 0 spiro atoms. The molecular weight excluding hydrogens is 480 g/mol. The molecule has 7 heteroatoms. The number of imide groups is 2. The zero-order chi connectivity index (χ0) is 29.3. The van der Waals surface area contributed by atoms with Crippen LogP contribution in [0.2, 0.25) is 0 Å². The number of nitrogens with zero attached hydrogens (tertiary/aromatic N) is 2. The fourth-order valence-electron chi connectivity index (χ4n) is 5.34. The van der Waals surface area contributed by atoms with Gasteiger partial charge in [-0.15, -0.1) is 0 Å². The van der Waals surface area contributed by atoms with E-state index in [4.69, 9.17) is 0 Å². The molecule has 2 unspecified atom stereocenters. The number of benzene rings is 1. The second-order valence-corrected chi connectivity index (χ2v) is 14.8. The minimum Gasteiger partial charge on any atom is -0.294 e. The molecule has 206 valence electrons. The van der Waals surface area contributed by atoms with E-state index in [2.05, 4.69) is 0 Å². The SMILES string of the molecule is CC(C)(C)C(=O)c1cc(N2C(=O)C=C(C(C)(C)C)C2=O)cc(N2C(=O)C(C(C)(C)C)C(C(C)(C)C)C2=O)c1. The van der Waals surface area contributed by atoms with Crippen LogP contribution >= 0.6 is 0 Å². The van der Waals surface area contributed by atoms with E-state index < -0.39 is 45.3 Å². The first-order valence-corrected chi connectivity index (χ1v) is 13.2. The maximum atomic E-state index is 13.9. The zero-order valence-corrected chi connectivity index (χ0v) is 24.9. The first-order valence-electron chi connectivity index (χ1n) is 13.2. The average molecular weight is 523 g/mol. The Labute approximate surface area is 226 Å². The van der Waals surface area contributed by atoms with Crippen molar-refractivity contribution in [2.24, 2.45) is 33.5 Å². The molecule has 0 saturated carbocycles. The number of hydrogen-bond acceptors (Lipinski definition) is 5. The van der Waals surface area contributed by atoms with Crippen LogP contribution in [0.15, 0.2) is 29.8 Å². The van der Waals surface area contributed by atoms with Gasteiger partial charge in [0.2, 0.25) is 11.8 Å². The number of hydrogen-bond donors (Lipinski definition) is 0. The summed E-state index contributed by atoms with van der Waals surface area (Å²) in [5.41, 5.74) is -1.40. The largest absolute Gasteiger partial charge is 0.294 e. The molecule has 3 rings (SSSR count). The van der Waals surface area contributed by atoms with E-state index in [0.717, 1.165) is 9.80 Å². The molecule has 38 heavy (non-hydrogen) atoms. The molecule has 1 fully saturated rings. The molecule has 2 aliphatic rings. The lowest BCUT2D eigenvalue weighted by atomic mass is 9.65. The average Bonchev–Trinajstić information content (AvgIpc) is 3.18. The Bertz CT molecular complexity index is 1230. The lowest BCUT2D eigenvalue weighted by Gasteiger charge is -2.35. The normalized spacial score (nSPS) is 21.5. The molecule has 2 atom stereocenters. The summed E-state index contributed by atoms with van der Waals surface area (Å²) in [6.07, 6.45) is 1.32. The van der Waals surface area contributed by atoms with Crippen LogP contribution in [0.1, 0.15) is 93.4 Å². The van der Waals surface area contributed by atoms with Crippen LogP contribution in [0.5, 0.6) is 0 Å². The number of carbonyl (C=O) groups excluding carboxylic acids is 5. The van der Waals surface area contributed by atoms with E-state index in [1.54, 1.807) is 20.8 Å². The van der Waals surface area contributed by atoms with Gasteiger partial charge in [0, 0.05) is 22.6 Å². The van der Waals surface area contributed by atoms with Crippen molar-refractivity contribution in [2.75, 3.05) is 9.80 Å². The highest BCUT2D eigenvalue weighted by molar-refractivity contribution is 6.31. The number of Topliss-reactive ketones (excluding diaryl/α,β-unsaturated/α-hetero) is 1. The molecule has 7 nitrogen and oxygen atoms in total. The zero-order valence-electron chi connectivity index (χ0n) is 24.9. The smallest absolute Gasteiger partial charge is 0.261 e. The van der Waals surface area contributed by atoms with Crippen LogP contribution in [0.3, 0.4) is 0 Å². The second-order valence-electron chi connectivity index (χ2n) is 14.8. The lowest BCUT2D eigenvalue weighted by molar-refractivity contribution is -0.127. The topological polar surface area (TPSA) is 91.8 Å². The third-order valence-electron chi connectivity index (χ3n) is 7.26. The van der Waals surface area contributed by atoms with Crippen molar-refractivity contribution < 1.29 is 24.0 Å². The first kappa shape index (κ1) is 29.5. The molecule has 1 aromatic carbocycles. The minimum atomic E-state index is -0.773. The van der Waals surface area contributed by atoms with Gasteiger partial charge >= 0.3 is 0 Å². The minimum absolute atomic E-state index is 0.160. The van der Waals surface area contributed by atoms with Crippen LogP contribution in [-0.4, -0.2) is 29.4 Å².